The maximum atomic E-state index is 13.1. The SMILES string of the molecule is CCCC(C(=O)O)C(O)c1ccc(F)c(C)c1. The first-order chi connectivity index (χ1) is 7.97. The van der Waals surface area contributed by atoms with Gasteiger partial charge in [-0.2, -0.15) is 0 Å². The van der Waals surface area contributed by atoms with Crippen LogP contribution in [0.15, 0.2) is 18.2 Å². The summed E-state index contributed by atoms with van der Waals surface area (Å²) in [6.07, 6.45) is -0.0204. The summed E-state index contributed by atoms with van der Waals surface area (Å²) in [7, 11) is 0. The van der Waals surface area contributed by atoms with Crippen LogP contribution in [0.5, 0.6) is 0 Å². The molecule has 1 aromatic rings. The van der Waals surface area contributed by atoms with Crippen molar-refractivity contribution < 1.29 is 19.4 Å². The van der Waals surface area contributed by atoms with Gasteiger partial charge in [-0.25, -0.2) is 4.39 Å². The fourth-order valence-electron chi connectivity index (χ4n) is 1.81. The maximum absolute atomic E-state index is 13.1. The molecule has 2 N–H and O–H groups in total. The number of aliphatic hydroxyl groups excluding tert-OH is 1. The highest BCUT2D eigenvalue weighted by Crippen LogP contribution is 2.27. The fourth-order valence-corrected chi connectivity index (χ4v) is 1.81. The number of carbonyl (C=O) groups is 1. The molecule has 0 amide bonds. The molecule has 3 nitrogen and oxygen atoms in total. The Morgan fingerprint density at radius 3 is 2.59 bits per heavy atom. The number of aryl methyl sites for hydroxylation is 1. The first-order valence-corrected chi connectivity index (χ1v) is 5.64. The predicted octanol–water partition coefficient (Wildman–Crippen LogP) is 2.67. The Kier molecular flexibility index (Phi) is 4.63. The first-order valence-electron chi connectivity index (χ1n) is 5.64. The van der Waals surface area contributed by atoms with Gasteiger partial charge in [0.05, 0.1) is 12.0 Å². The van der Waals surface area contributed by atoms with Crippen molar-refractivity contribution in [1.82, 2.24) is 0 Å². The summed E-state index contributed by atoms with van der Waals surface area (Å²) in [6, 6.07) is 4.17. The van der Waals surface area contributed by atoms with Crippen molar-refractivity contribution in [3.05, 3.63) is 35.1 Å². The molecule has 0 aliphatic rings. The smallest absolute Gasteiger partial charge is 0.309 e. The van der Waals surface area contributed by atoms with Crippen LogP contribution in [0.4, 0.5) is 4.39 Å². The van der Waals surface area contributed by atoms with Gasteiger partial charge in [0, 0.05) is 0 Å². The summed E-state index contributed by atoms with van der Waals surface area (Å²) in [5.74, 6) is -2.23. The summed E-state index contributed by atoms with van der Waals surface area (Å²) in [5.41, 5.74) is 0.854. The molecule has 0 aliphatic carbocycles. The quantitative estimate of drug-likeness (QED) is 0.831. The van der Waals surface area contributed by atoms with Gasteiger partial charge in [-0.3, -0.25) is 4.79 Å². The number of carboxylic acid groups (broad SMARTS) is 1. The van der Waals surface area contributed by atoms with Gasteiger partial charge in [0.15, 0.2) is 0 Å². The van der Waals surface area contributed by atoms with Gasteiger partial charge in [0.25, 0.3) is 0 Å². The average Bonchev–Trinajstić information content (AvgIpc) is 2.28. The molecule has 2 atom stereocenters. The van der Waals surface area contributed by atoms with Gasteiger partial charge >= 0.3 is 5.97 Å². The highest BCUT2D eigenvalue weighted by molar-refractivity contribution is 5.71. The Labute approximate surface area is 99.9 Å². The van der Waals surface area contributed by atoms with Crippen LogP contribution in [0, 0.1) is 18.7 Å². The molecule has 1 rings (SSSR count). The van der Waals surface area contributed by atoms with Crippen molar-refractivity contribution in [2.75, 3.05) is 0 Å². The van der Waals surface area contributed by atoms with Gasteiger partial charge in [-0.15, -0.1) is 0 Å². The number of aliphatic carboxylic acids is 1. The summed E-state index contributed by atoms with van der Waals surface area (Å²) in [6.45, 7) is 3.44. The van der Waals surface area contributed by atoms with Crippen molar-refractivity contribution in [3.63, 3.8) is 0 Å². The molecular formula is C13H17FO3. The second kappa shape index (κ2) is 5.77. The van der Waals surface area contributed by atoms with E-state index in [1.807, 2.05) is 6.92 Å². The van der Waals surface area contributed by atoms with Crippen LogP contribution >= 0.6 is 0 Å². The number of hydrogen-bond acceptors (Lipinski definition) is 2. The lowest BCUT2D eigenvalue weighted by molar-refractivity contribution is -0.146. The van der Waals surface area contributed by atoms with Crippen LogP contribution in [-0.2, 0) is 4.79 Å². The third-order valence-corrected chi connectivity index (χ3v) is 2.82. The molecule has 0 spiro atoms. The molecule has 0 fully saturated rings. The fraction of sp³-hybridized carbons (Fsp3) is 0.462. The van der Waals surface area contributed by atoms with E-state index in [0.29, 0.717) is 24.0 Å². The van der Waals surface area contributed by atoms with E-state index in [1.54, 1.807) is 6.92 Å². The standard InChI is InChI=1S/C13H17FO3/c1-3-4-10(13(16)17)12(15)9-5-6-11(14)8(2)7-9/h5-7,10,12,15H,3-4H2,1-2H3,(H,16,17). The molecule has 0 radical (unpaired) electrons. The Morgan fingerprint density at radius 1 is 1.47 bits per heavy atom. The average molecular weight is 240 g/mol. The molecule has 17 heavy (non-hydrogen) atoms. The normalized spacial score (nSPS) is 14.4. The second-order valence-corrected chi connectivity index (χ2v) is 4.19. The van der Waals surface area contributed by atoms with E-state index in [4.69, 9.17) is 5.11 Å². The number of benzene rings is 1. The number of carboxylic acids is 1. The Bertz CT molecular complexity index is 404. The number of hydrogen-bond donors (Lipinski definition) is 2. The van der Waals surface area contributed by atoms with E-state index in [-0.39, 0.29) is 5.82 Å². The van der Waals surface area contributed by atoms with Crippen LogP contribution in [0.2, 0.25) is 0 Å². The lowest BCUT2D eigenvalue weighted by atomic mass is 9.91. The van der Waals surface area contributed by atoms with Crippen LogP contribution in [0.1, 0.15) is 37.0 Å². The molecule has 0 saturated heterocycles. The zero-order valence-corrected chi connectivity index (χ0v) is 9.98. The van der Waals surface area contributed by atoms with Crippen LogP contribution in [-0.4, -0.2) is 16.2 Å². The lowest BCUT2D eigenvalue weighted by Crippen LogP contribution is -2.22. The molecule has 0 aromatic heterocycles. The Hall–Kier alpha value is -1.42. The van der Waals surface area contributed by atoms with Crippen LogP contribution in [0.25, 0.3) is 0 Å². The number of halogens is 1. The Morgan fingerprint density at radius 2 is 2.12 bits per heavy atom. The van der Waals surface area contributed by atoms with Crippen molar-refractivity contribution >= 4 is 5.97 Å². The summed E-state index contributed by atoms with van der Waals surface area (Å²) >= 11 is 0. The molecule has 0 bridgehead atoms. The van der Waals surface area contributed by atoms with Crippen molar-refractivity contribution in [3.8, 4) is 0 Å². The van der Waals surface area contributed by atoms with E-state index < -0.39 is 18.0 Å². The Balaban J connectivity index is 2.96. The zero-order valence-electron chi connectivity index (χ0n) is 9.98. The molecule has 2 unspecified atom stereocenters. The van der Waals surface area contributed by atoms with Gasteiger partial charge in [-0.05, 0) is 30.5 Å². The number of rotatable bonds is 5. The summed E-state index contributed by atoms with van der Waals surface area (Å²) in [5, 5.41) is 19.0. The minimum Gasteiger partial charge on any atom is -0.481 e. The highest BCUT2D eigenvalue weighted by Gasteiger charge is 2.27. The number of aliphatic hydroxyl groups is 1. The molecule has 4 heteroatoms. The van der Waals surface area contributed by atoms with Gasteiger partial charge in [-0.1, -0.05) is 25.5 Å². The summed E-state index contributed by atoms with van der Waals surface area (Å²) in [4.78, 5) is 11.0. The molecule has 0 aliphatic heterocycles. The molecular weight excluding hydrogens is 223 g/mol. The molecule has 1 aromatic carbocycles. The summed E-state index contributed by atoms with van der Waals surface area (Å²) < 4.78 is 13.1. The van der Waals surface area contributed by atoms with Crippen LogP contribution < -0.4 is 0 Å². The largest absolute Gasteiger partial charge is 0.481 e. The van der Waals surface area contributed by atoms with E-state index in [1.165, 1.54) is 18.2 Å². The monoisotopic (exact) mass is 240 g/mol. The van der Waals surface area contributed by atoms with Crippen LogP contribution in [0.3, 0.4) is 0 Å². The van der Waals surface area contributed by atoms with Crippen molar-refractivity contribution in [1.29, 1.82) is 0 Å². The van der Waals surface area contributed by atoms with Gasteiger partial charge in [0.2, 0.25) is 0 Å². The molecule has 94 valence electrons. The second-order valence-electron chi connectivity index (χ2n) is 4.19. The zero-order chi connectivity index (χ0) is 13.0. The van der Waals surface area contributed by atoms with E-state index in [0.717, 1.165) is 0 Å². The highest BCUT2D eigenvalue weighted by atomic mass is 19.1. The van der Waals surface area contributed by atoms with E-state index >= 15 is 0 Å². The molecule has 0 saturated carbocycles. The van der Waals surface area contributed by atoms with Gasteiger partial charge in [0.1, 0.15) is 5.82 Å². The maximum Gasteiger partial charge on any atom is 0.309 e. The third-order valence-electron chi connectivity index (χ3n) is 2.82. The topological polar surface area (TPSA) is 57.5 Å². The van der Waals surface area contributed by atoms with E-state index in [2.05, 4.69) is 0 Å². The van der Waals surface area contributed by atoms with Crippen molar-refractivity contribution in [2.24, 2.45) is 5.92 Å². The lowest BCUT2D eigenvalue weighted by Gasteiger charge is -2.19. The minimum absolute atomic E-state index is 0.358. The van der Waals surface area contributed by atoms with Crippen molar-refractivity contribution in [2.45, 2.75) is 32.8 Å². The third kappa shape index (κ3) is 3.27. The van der Waals surface area contributed by atoms with Gasteiger partial charge < -0.3 is 10.2 Å². The molecule has 0 heterocycles. The van der Waals surface area contributed by atoms with E-state index in [9.17, 15) is 14.3 Å². The minimum atomic E-state index is -1.09. The predicted molar refractivity (Wildman–Crippen MR) is 62.1 cm³/mol. The first kappa shape index (κ1) is 13.6.